The number of nitrogens with zero attached hydrogens (tertiary/aromatic N) is 3. The van der Waals surface area contributed by atoms with Gasteiger partial charge in [0, 0.05) is 53.0 Å². The predicted molar refractivity (Wildman–Crippen MR) is 209 cm³/mol. The fraction of sp³-hybridized carbons (Fsp3) is 0.455. The average molecular weight is 731 g/mol. The first-order valence-electron chi connectivity index (χ1n) is 19.7. The van der Waals surface area contributed by atoms with E-state index in [1.165, 1.54) is 23.8 Å². The number of likely N-dealkylation sites (tertiary alicyclic amines) is 1. The Kier molecular flexibility index (Phi) is 11.2. The summed E-state index contributed by atoms with van der Waals surface area (Å²) in [5.74, 6) is 4.06. The van der Waals surface area contributed by atoms with Gasteiger partial charge in [-0.05, 0) is 101 Å². The molecule has 2 aromatic heterocycles. The first-order chi connectivity index (χ1) is 26.1. The highest BCUT2D eigenvalue weighted by molar-refractivity contribution is 6.01. The lowest BCUT2D eigenvalue weighted by atomic mass is 9.87. The molecule has 3 atom stereocenters. The maximum absolute atomic E-state index is 15.2. The fourth-order valence-electron chi connectivity index (χ4n) is 8.36. The van der Waals surface area contributed by atoms with Gasteiger partial charge in [-0.2, -0.15) is 5.10 Å². The monoisotopic (exact) mass is 730 g/mol. The molecule has 9 nitrogen and oxygen atoms in total. The van der Waals surface area contributed by atoms with Crippen molar-refractivity contribution in [2.24, 2.45) is 0 Å². The number of aromatic nitrogens is 3. The van der Waals surface area contributed by atoms with Gasteiger partial charge in [0.25, 0.3) is 5.91 Å². The summed E-state index contributed by atoms with van der Waals surface area (Å²) in [6.45, 7) is 6.05. The first kappa shape index (κ1) is 37.3. The number of aromatic amines is 1. The van der Waals surface area contributed by atoms with E-state index < -0.39 is 23.2 Å². The number of amides is 3. The first-order valence-corrected chi connectivity index (χ1v) is 19.7. The van der Waals surface area contributed by atoms with E-state index in [0.29, 0.717) is 30.0 Å². The molecular weight excluding hydrogens is 680 g/mol. The van der Waals surface area contributed by atoms with Gasteiger partial charge in [0.2, 0.25) is 11.8 Å². The van der Waals surface area contributed by atoms with Crippen LogP contribution in [0.1, 0.15) is 129 Å². The molecule has 4 heterocycles. The van der Waals surface area contributed by atoms with Crippen molar-refractivity contribution in [3.05, 3.63) is 86.9 Å². The molecule has 0 bridgehead atoms. The molecule has 2 aliphatic heterocycles. The number of benzene rings is 2. The van der Waals surface area contributed by atoms with Crippen LogP contribution in [-0.2, 0) is 16.1 Å². The van der Waals surface area contributed by atoms with Gasteiger partial charge in [0.05, 0.1) is 28.2 Å². The SMILES string of the molecule is CCC1(NC(=O)c2ccc3c(C)nn(CCCCCCCC#Cc4cccc(C5CCC(=O)NC5=O)c4F)c3c2)C=c2cc([C@H]3CCCN3C)[nH]c2=CC1. The Bertz CT molecular complexity index is 2260. The van der Waals surface area contributed by atoms with E-state index in [1.54, 1.807) is 18.2 Å². The molecule has 7 rings (SSSR count). The van der Waals surface area contributed by atoms with Crippen LogP contribution >= 0.6 is 0 Å². The third-order valence-corrected chi connectivity index (χ3v) is 11.6. The topological polar surface area (TPSA) is 112 Å². The van der Waals surface area contributed by atoms with Gasteiger partial charge in [0.1, 0.15) is 5.82 Å². The summed E-state index contributed by atoms with van der Waals surface area (Å²) in [5, 5.41) is 13.9. The average Bonchev–Trinajstić information content (AvgIpc) is 3.87. The number of imide groups is 1. The number of fused-ring (bicyclic) bond motifs is 2. The van der Waals surface area contributed by atoms with Gasteiger partial charge in [-0.25, -0.2) is 4.39 Å². The molecule has 0 spiro atoms. The van der Waals surface area contributed by atoms with E-state index in [0.717, 1.165) is 80.0 Å². The Morgan fingerprint density at radius 2 is 1.93 bits per heavy atom. The van der Waals surface area contributed by atoms with Crippen molar-refractivity contribution < 1.29 is 18.8 Å². The zero-order valence-corrected chi connectivity index (χ0v) is 31.7. The number of carbonyl (C=O) groups excluding carboxylic acids is 3. The van der Waals surface area contributed by atoms with Crippen molar-refractivity contribution in [2.75, 3.05) is 13.6 Å². The molecule has 10 heteroatoms. The molecule has 3 N–H and O–H groups in total. The normalized spacial score (nSPS) is 21.2. The summed E-state index contributed by atoms with van der Waals surface area (Å²) in [5.41, 5.74) is 3.97. The lowest BCUT2D eigenvalue weighted by Crippen LogP contribution is -2.50. The number of piperidine rings is 1. The predicted octanol–water partition coefficient (Wildman–Crippen LogP) is 6.03. The molecule has 282 valence electrons. The molecule has 2 saturated heterocycles. The summed E-state index contributed by atoms with van der Waals surface area (Å²) in [4.78, 5) is 43.6. The highest BCUT2D eigenvalue weighted by atomic mass is 19.1. The minimum atomic E-state index is -0.667. The van der Waals surface area contributed by atoms with Gasteiger partial charge in [-0.3, -0.25) is 29.3 Å². The van der Waals surface area contributed by atoms with E-state index in [4.69, 9.17) is 5.10 Å². The molecule has 54 heavy (non-hydrogen) atoms. The summed E-state index contributed by atoms with van der Waals surface area (Å²) < 4.78 is 17.2. The van der Waals surface area contributed by atoms with Crippen molar-refractivity contribution >= 4 is 40.8 Å². The largest absolute Gasteiger partial charge is 0.357 e. The summed E-state index contributed by atoms with van der Waals surface area (Å²) in [6, 6.07) is 13.6. The minimum absolute atomic E-state index is 0.0728. The smallest absolute Gasteiger partial charge is 0.252 e. The third kappa shape index (κ3) is 7.92. The Balaban J connectivity index is 0.906. The molecule has 2 unspecified atom stereocenters. The Morgan fingerprint density at radius 1 is 1.09 bits per heavy atom. The van der Waals surface area contributed by atoms with E-state index in [-0.39, 0.29) is 23.8 Å². The molecular formula is C44H51FN6O3. The van der Waals surface area contributed by atoms with Gasteiger partial charge in [0.15, 0.2) is 0 Å². The second kappa shape index (κ2) is 16.2. The zero-order valence-electron chi connectivity index (χ0n) is 31.7. The van der Waals surface area contributed by atoms with Crippen LogP contribution in [0, 0.1) is 24.6 Å². The molecule has 2 aromatic carbocycles. The van der Waals surface area contributed by atoms with Crippen molar-refractivity contribution in [3.63, 3.8) is 0 Å². The maximum atomic E-state index is 15.2. The van der Waals surface area contributed by atoms with Crippen molar-refractivity contribution in [1.29, 1.82) is 0 Å². The van der Waals surface area contributed by atoms with Crippen molar-refractivity contribution in [1.82, 2.24) is 30.3 Å². The van der Waals surface area contributed by atoms with Crippen molar-refractivity contribution in [3.8, 4) is 11.8 Å². The molecule has 1 aliphatic carbocycles. The number of hydrogen-bond acceptors (Lipinski definition) is 5. The van der Waals surface area contributed by atoms with Crippen LogP contribution in [0.25, 0.3) is 23.1 Å². The highest BCUT2D eigenvalue weighted by Crippen LogP contribution is 2.30. The van der Waals surface area contributed by atoms with E-state index in [1.807, 2.05) is 29.8 Å². The molecule has 0 radical (unpaired) electrons. The standard InChI is InChI=1S/C44H51FN6O3/c1-4-44(23-22-36-32(28-44)26-37(46-36)38-17-13-24-50(38)3)48-42(53)31-18-19-33-29(2)49-51(39(33)27-31)25-11-9-7-5-6-8-10-14-30-15-12-16-34(41(30)45)35-20-21-40(52)47-43(35)54/h12,15-16,18-19,22,26-28,35,38,46H,4-9,11,13,17,20-21,23-25H2,1-3H3,(H,48,53)(H,47,52,54)/t35?,38-,44?/m1/s1. The highest BCUT2D eigenvalue weighted by Gasteiger charge is 2.32. The quantitative estimate of drug-likeness (QED) is 0.0937. The number of unbranched alkanes of at least 4 members (excludes halogenated alkanes) is 5. The number of nitrogens with one attached hydrogen (secondary N) is 3. The molecule has 4 aromatic rings. The van der Waals surface area contributed by atoms with Crippen LogP contribution in [0.15, 0.2) is 42.5 Å². The van der Waals surface area contributed by atoms with Crippen LogP contribution in [0.4, 0.5) is 4.39 Å². The minimum Gasteiger partial charge on any atom is -0.357 e. The molecule has 3 amide bonds. The summed E-state index contributed by atoms with van der Waals surface area (Å²) in [7, 11) is 2.19. The number of carbonyl (C=O) groups is 3. The number of rotatable bonds is 12. The van der Waals surface area contributed by atoms with Gasteiger partial charge in [-0.15, -0.1) is 0 Å². The van der Waals surface area contributed by atoms with Gasteiger partial charge >= 0.3 is 0 Å². The van der Waals surface area contributed by atoms with Crippen LogP contribution in [-0.4, -0.2) is 56.5 Å². The number of aryl methyl sites for hydroxylation is 2. The van der Waals surface area contributed by atoms with E-state index in [9.17, 15) is 14.4 Å². The number of hydrogen-bond donors (Lipinski definition) is 3. The van der Waals surface area contributed by atoms with Gasteiger partial charge < -0.3 is 10.3 Å². The lowest BCUT2D eigenvalue weighted by Gasteiger charge is -2.31. The Hall–Kier alpha value is -5.01. The summed E-state index contributed by atoms with van der Waals surface area (Å²) >= 11 is 0. The molecule has 3 aliphatic rings. The van der Waals surface area contributed by atoms with Crippen molar-refractivity contribution in [2.45, 2.75) is 115 Å². The van der Waals surface area contributed by atoms with Crippen LogP contribution < -0.4 is 21.2 Å². The Labute approximate surface area is 316 Å². The third-order valence-electron chi connectivity index (χ3n) is 11.6. The van der Waals surface area contributed by atoms with Crippen LogP contribution in [0.2, 0.25) is 0 Å². The second-order valence-electron chi connectivity index (χ2n) is 15.3. The molecule has 0 saturated carbocycles. The zero-order chi connectivity index (χ0) is 37.8. The van der Waals surface area contributed by atoms with Crippen LogP contribution in [0.5, 0.6) is 0 Å². The van der Waals surface area contributed by atoms with Gasteiger partial charge in [-0.1, -0.05) is 62.3 Å². The maximum Gasteiger partial charge on any atom is 0.252 e. The number of halogens is 1. The van der Waals surface area contributed by atoms with Crippen LogP contribution in [0.3, 0.4) is 0 Å². The summed E-state index contributed by atoms with van der Waals surface area (Å²) in [6.07, 6.45) is 14.6. The lowest BCUT2D eigenvalue weighted by molar-refractivity contribution is -0.134. The molecule has 2 fully saturated rings. The Morgan fingerprint density at radius 3 is 2.72 bits per heavy atom. The number of H-pyrrole nitrogens is 1. The fourth-order valence-corrected chi connectivity index (χ4v) is 8.36. The van der Waals surface area contributed by atoms with E-state index in [2.05, 4.69) is 64.5 Å². The van der Waals surface area contributed by atoms with E-state index >= 15 is 4.39 Å². The second-order valence-corrected chi connectivity index (χ2v) is 15.3.